The highest BCUT2D eigenvalue weighted by Crippen LogP contribution is 2.19. The fourth-order valence-corrected chi connectivity index (χ4v) is 11.3. The Labute approximate surface area is 496 Å². The van der Waals surface area contributed by atoms with Crippen LogP contribution in [0.3, 0.4) is 0 Å². The Morgan fingerprint density at radius 1 is 0.304 bits per heavy atom. The van der Waals surface area contributed by atoms with Crippen molar-refractivity contribution in [1.82, 2.24) is 5.32 Å². The molecule has 4 nitrogen and oxygen atoms in total. The third-order valence-electron chi connectivity index (χ3n) is 16.7. The van der Waals surface area contributed by atoms with E-state index >= 15 is 0 Å². The summed E-state index contributed by atoms with van der Waals surface area (Å²) in [4.78, 5) is 12.5. The molecule has 464 valence electrons. The Balaban J connectivity index is 3.44. The number of aliphatic hydroxyl groups excluding tert-OH is 2. The molecular weight excluding hydrogens is 963 g/mol. The quantitative estimate of drug-likeness (QED) is 0.0420. The molecule has 0 radical (unpaired) electrons. The molecule has 0 saturated carbocycles. The smallest absolute Gasteiger partial charge is 0.220 e. The van der Waals surface area contributed by atoms with Crippen LogP contribution < -0.4 is 5.32 Å². The molecule has 0 aromatic rings. The fourth-order valence-electron chi connectivity index (χ4n) is 11.3. The van der Waals surface area contributed by atoms with Gasteiger partial charge in [-0.2, -0.15) is 0 Å². The summed E-state index contributed by atoms with van der Waals surface area (Å²) in [5, 5.41) is 23.3. The first kappa shape index (κ1) is 77.1. The van der Waals surface area contributed by atoms with E-state index in [-0.39, 0.29) is 12.5 Å². The highest BCUT2D eigenvalue weighted by molar-refractivity contribution is 5.76. The second-order valence-electron chi connectivity index (χ2n) is 24.6. The normalized spacial score (nSPS) is 13.0. The van der Waals surface area contributed by atoms with Gasteiger partial charge in [0.2, 0.25) is 5.91 Å². The minimum absolute atomic E-state index is 0.0666. The Morgan fingerprint density at radius 2 is 0.532 bits per heavy atom. The van der Waals surface area contributed by atoms with E-state index < -0.39 is 12.1 Å². The third-order valence-corrected chi connectivity index (χ3v) is 16.7. The standard InChI is InChI=1S/C75H141NO3/c1-3-5-7-9-11-13-15-17-19-21-23-25-27-29-31-33-34-35-36-37-38-39-40-41-42-43-45-47-49-51-53-55-57-59-61-63-65-67-69-71-75(79)76-73(72-77)74(78)70-68-66-64-62-60-58-56-54-52-50-48-46-44-32-30-28-26-24-22-20-18-16-14-12-10-8-6-4-2/h15,17,21,23,27,29,60,62,68,70,73-74,77-78H,3-14,16,18-20,22,24-26,28,30-59,61,63-67,69,71-72H2,1-2H3,(H,76,79)/b17-15-,23-21-,29-27-,62-60+,70-68+. The SMILES string of the molecule is CCCCCCC/C=C\C/C=C\C/C=C\CCCCCCCCCCCCCCCCCCCCCCCCCCC(=O)NC(CO)C(O)/C=C/CC/C=C/CCCCCCCCCCCCCCCCCCCCCCCC. The lowest BCUT2D eigenvalue weighted by molar-refractivity contribution is -0.123. The maximum Gasteiger partial charge on any atom is 0.220 e. The van der Waals surface area contributed by atoms with E-state index in [1.807, 2.05) is 6.08 Å². The van der Waals surface area contributed by atoms with Gasteiger partial charge in [-0.3, -0.25) is 4.79 Å². The molecule has 3 N–H and O–H groups in total. The molecule has 0 bridgehead atoms. The molecular formula is C75H141NO3. The summed E-state index contributed by atoms with van der Waals surface area (Å²) in [6.07, 6.45) is 100. The van der Waals surface area contributed by atoms with Crippen LogP contribution >= 0.6 is 0 Å². The molecule has 0 saturated heterocycles. The zero-order valence-corrected chi connectivity index (χ0v) is 53.7. The predicted molar refractivity (Wildman–Crippen MR) is 354 cm³/mol. The minimum Gasteiger partial charge on any atom is -0.394 e. The third kappa shape index (κ3) is 66.8. The number of amides is 1. The van der Waals surface area contributed by atoms with Gasteiger partial charge in [0, 0.05) is 6.42 Å². The summed E-state index contributed by atoms with van der Waals surface area (Å²) in [6.45, 7) is 4.33. The van der Waals surface area contributed by atoms with E-state index in [1.54, 1.807) is 6.08 Å². The molecule has 0 fully saturated rings. The van der Waals surface area contributed by atoms with Crippen LogP contribution in [0.5, 0.6) is 0 Å². The summed E-state index contributed by atoms with van der Waals surface area (Å²) in [5.41, 5.74) is 0. The molecule has 0 heterocycles. The average Bonchev–Trinajstić information content (AvgIpc) is 3.45. The second-order valence-corrected chi connectivity index (χ2v) is 24.6. The summed E-state index contributed by atoms with van der Waals surface area (Å²) in [5.74, 6) is -0.0666. The van der Waals surface area contributed by atoms with E-state index in [2.05, 4.69) is 67.8 Å². The van der Waals surface area contributed by atoms with Crippen molar-refractivity contribution in [3.05, 3.63) is 60.8 Å². The van der Waals surface area contributed by atoms with Crippen molar-refractivity contribution >= 4 is 5.91 Å². The average molecular weight is 1100 g/mol. The van der Waals surface area contributed by atoms with Gasteiger partial charge in [0.15, 0.2) is 0 Å². The maximum atomic E-state index is 12.5. The Hall–Kier alpha value is -1.91. The molecule has 0 aromatic carbocycles. The topological polar surface area (TPSA) is 69.6 Å². The molecule has 0 aliphatic heterocycles. The lowest BCUT2D eigenvalue weighted by Crippen LogP contribution is -2.45. The van der Waals surface area contributed by atoms with Crippen molar-refractivity contribution < 1.29 is 15.0 Å². The Kier molecular flexibility index (Phi) is 68.7. The molecule has 4 heteroatoms. The van der Waals surface area contributed by atoms with Gasteiger partial charge >= 0.3 is 0 Å². The van der Waals surface area contributed by atoms with E-state index in [0.717, 1.165) is 44.9 Å². The van der Waals surface area contributed by atoms with Gasteiger partial charge in [0.25, 0.3) is 0 Å². The van der Waals surface area contributed by atoms with Crippen LogP contribution in [0, 0.1) is 0 Å². The van der Waals surface area contributed by atoms with Crippen LogP contribution in [-0.4, -0.2) is 34.9 Å². The van der Waals surface area contributed by atoms with Crippen molar-refractivity contribution in [2.24, 2.45) is 0 Å². The molecule has 0 aromatic heterocycles. The van der Waals surface area contributed by atoms with Gasteiger partial charge in [0.05, 0.1) is 18.8 Å². The monoisotopic (exact) mass is 1100 g/mol. The molecule has 0 aliphatic rings. The first-order chi connectivity index (χ1) is 39.2. The van der Waals surface area contributed by atoms with Gasteiger partial charge in [-0.15, -0.1) is 0 Å². The van der Waals surface area contributed by atoms with Gasteiger partial charge < -0.3 is 15.5 Å². The number of aliphatic hydroxyl groups is 2. The van der Waals surface area contributed by atoms with Crippen LogP contribution in [0.25, 0.3) is 0 Å². The molecule has 2 atom stereocenters. The molecule has 0 rings (SSSR count). The second kappa shape index (κ2) is 70.4. The van der Waals surface area contributed by atoms with Crippen LogP contribution in [-0.2, 0) is 4.79 Å². The van der Waals surface area contributed by atoms with Crippen molar-refractivity contribution in [1.29, 1.82) is 0 Å². The van der Waals surface area contributed by atoms with Gasteiger partial charge in [-0.25, -0.2) is 0 Å². The first-order valence-corrected chi connectivity index (χ1v) is 36.0. The van der Waals surface area contributed by atoms with Crippen molar-refractivity contribution in [3.8, 4) is 0 Å². The maximum absolute atomic E-state index is 12.5. The Bertz CT molecular complexity index is 1300. The van der Waals surface area contributed by atoms with E-state index in [9.17, 15) is 15.0 Å². The summed E-state index contributed by atoms with van der Waals surface area (Å²) < 4.78 is 0. The largest absolute Gasteiger partial charge is 0.394 e. The zero-order valence-electron chi connectivity index (χ0n) is 53.7. The lowest BCUT2D eigenvalue weighted by atomic mass is 10.0. The van der Waals surface area contributed by atoms with Crippen LogP contribution in [0.4, 0.5) is 0 Å². The number of hydrogen-bond donors (Lipinski definition) is 3. The number of allylic oxidation sites excluding steroid dienone is 9. The number of hydrogen-bond acceptors (Lipinski definition) is 3. The minimum atomic E-state index is -0.864. The highest BCUT2D eigenvalue weighted by atomic mass is 16.3. The molecule has 1 amide bonds. The van der Waals surface area contributed by atoms with E-state index in [0.29, 0.717) is 6.42 Å². The van der Waals surface area contributed by atoms with E-state index in [1.165, 1.54) is 327 Å². The predicted octanol–water partition coefficient (Wildman–Crippen LogP) is 24.7. The fraction of sp³-hybridized carbons (Fsp3) is 0.853. The number of rotatable bonds is 67. The number of unbranched alkanes of at least 4 members (excludes halogenated alkanes) is 52. The van der Waals surface area contributed by atoms with Crippen LogP contribution in [0.1, 0.15) is 393 Å². The number of carbonyl (C=O) groups excluding carboxylic acids is 1. The van der Waals surface area contributed by atoms with Crippen LogP contribution in [0.2, 0.25) is 0 Å². The molecule has 0 spiro atoms. The molecule has 0 aliphatic carbocycles. The Morgan fingerprint density at radius 3 is 0.823 bits per heavy atom. The summed E-state index contributed by atoms with van der Waals surface area (Å²) in [7, 11) is 0. The number of nitrogens with one attached hydrogen (secondary N) is 1. The molecule has 79 heavy (non-hydrogen) atoms. The van der Waals surface area contributed by atoms with Crippen molar-refractivity contribution in [3.63, 3.8) is 0 Å². The van der Waals surface area contributed by atoms with Gasteiger partial charge in [-0.1, -0.05) is 376 Å². The zero-order chi connectivity index (χ0) is 56.9. The number of carbonyl (C=O) groups is 1. The summed E-state index contributed by atoms with van der Waals surface area (Å²) in [6, 6.07) is -0.641. The van der Waals surface area contributed by atoms with Gasteiger partial charge in [-0.05, 0) is 70.6 Å². The van der Waals surface area contributed by atoms with Crippen molar-refractivity contribution in [2.45, 2.75) is 405 Å². The molecule has 2 unspecified atom stereocenters. The summed E-state index contributed by atoms with van der Waals surface area (Å²) >= 11 is 0. The van der Waals surface area contributed by atoms with E-state index in [4.69, 9.17) is 0 Å². The highest BCUT2D eigenvalue weighted by Gasteiger charge is 2.18. The lowest BCUT2D eigenvalue weighted by Gasteiger charge is -2.19. The van der Waals surface area contributed by atoms with Crippen LogP contribution in [0.15, 0.2) is 60.8 Å². The first-order valence-electron chi connectivity index (χ1n) is 36.0. The van der Waals surface area contributed by atoms with Crippen molar-refractivity contribution in [2.75, 3.05) is 6.61 Å². The van der Waals surface area contributed by atoms with Gasteiger partial charge in [0.1, 0.15) is 0 Å².